The van der Waals surface area contributed by atoms with E-state index in [2.05, 4.69) is 5.32 Å². The summed E-state index contributed by atoms with van der Waals surface area (Å²) in [5.74, 6) is 0.569. The van der Waals surface area contributed by atoms with Gasteiger partial charge in [0.1, 0.15) is 6.04 Å². The number of carbonyl (C=O) groups is 3. The van der Waals surface area contributed by atoms with Gasteiger partial charge in [-0.25, -0.2) is 0 Å². The lowest BCUT2D eigenvalue weighted by atomic mass is 10.00. The van der Waals surface area contributed by atoms with E-state index in [1.54, 1.807) is 11.0 Å². The number of hydrogen-bond acceptors (Lipinski definition) is 5. The lowest BCUT2D eigenvalue weighted by molar-refractivity contribution is -0.136. The van der Waals surface area contributed by atoms with Gasteiger partial charge in [0, 0.05) is 18.5 Å². The standard InChI is InChI=1S/C20H16N2O5/c23-18-6-4-15(19(24)21-18)22-9-13-7-11(1-3-14(13)20(22)25)12-2-5-16-17(8-12)27-10-26-16/h1-3,5,7-8,15H,4,6,9-10H2,(H,21,23,24). The molecule has 0 radical (unpaired) electrons. The summed E-state index contributed by atoms with van der Waals surface area (Å²) >= 11 is 0. The Balaban J connectivity index is 1.44. The maximum Gasteiger partial charge on any atom is 0.255 e. The smallest absolute Gasteiger partial charge is 0.255 e. The van der Waals surface area contributed by atoms with Crippen molar-refractivity contribution in [3.05, 3.63) is 47.5 Å². The van der Waals surface area contributed by atoms with Crippen LogP contribution in [0.1, 0.15) is 28.8 Å². The van der Waals surface area contributed by atoms with Crippen LogP contribution in [-0.2, 0) is 16.1 Å². The molecule has 1 saturated heterocycles. The SMILES string of the molecule is O=C1CCC(N2Cc3cc(-c4ccc5c(c4)OCO5)ccc3C2=O)C(=O)N1. The maximum atomic E-state index is 12.7. The zero-order valence-corrected chi connectivity index (χ0v) is 14.4. The van der Waals surface area contributed by atoms with Gasteiger partial charge in [0.05, 0.1) is 0 Å². The number of nitrogens with zero attached hydrogens (tertiary/aromatic N) is 1. The van der Waals surface area contributed by atoms with Crippen molar-refractivity contribution in [2.75, 3.05) is 6.79 Å². The molecule has 0 aliphatic carbocycles. The van der Waals surface area contributed by atoms with Crippen LogP contribution < -0.4 is 14.8 Å². The first-order chi connectivity index (χ1) is 13.1. The van der Waals surface area contributed by atoms with Gasteiger partial charge in [0.15, 0.2) is 11.5 Å². The first kappa shape index (κ1) is 15.9. The number of hydrogen-bond donors (Lipinski definition) is 1. The highest BCUT2D eigenvalue weighted by Gasteiger charge is 2.39. The molecule has 2 aromatic rings. The summed E-state index contributed by atoms with van der Waals surface area (Å²) in [5.41, 5.74) is 3.41. The van der Waals surface area contributed by atoms with Crippen LogP contribution >= 0.6 is 0 Å². The molecule has 5 rings (SSSR count). The molecule has 0 bridgehead atoms. The molecule has 136 valence electrons. The molecule has 1 atom stereocenters. The predicted molar refractivity (Wildman–Crippen MR) is 94.0 cm³/mol. The zero-order valence-electron chi connectivity index (χ0n) is 14.4. The van der Waals surface area contributed by atoms with Gasteiger partial charge in [-0.2, -0.15) is 0 Å². The molecular weight excluding hydrogens is 348 g/mol. The number of rotatable bonds is 2. The molecule has 1 unspecified atom stereocenters. The van der Waals surface area contributed by atoms with Crippen LogP contribution in [0.25, 0.3) is 11.1 Å². The average Bonchev–Trinajstić information content (AvgIpc) is 3.25. The van der Waals surface area contributed by atoms with Crippen molar-refractivity contribution < 1.29 is 23.9 Å². The van der Waals surface area contributed by atoms with E-state index in [4.69, 9.17) is 9.47 Å². The summed E-state index contributed by atoms with van der Waals surface area (Å²) in [6.07, 6.45) is 0.610. The molecule has 1 N–H and O–H groups in total. The van der Waals surface area contributed by atoms with Gasteiger partial charge < -0.3 is 14.4 Å². The lowest BCUT2D eigenvalue weighted by Crippen LogP contribution is -2.52. The number of nitrogens with one attached hydrogen (secondary N) is 1. The number of benzene rings is 2. The van der Waals surface area contributed by atoms with Crippen LogP contribution in [0.4, 0.5) is 0 Å². The lowest BCUT2D eigenvalue weighted by Gasteiger charge is -2.29. The van der Waals surface area contributed by atoms with Gasteiger partial charge >= 0.3 is 0 Å². The summed E-state index contributed by atoms with van der Waals surface area (Å²) in [6.45, 7) is 0.581. The van der Waals surface area contributed by atoms with Crippen molar-refractivity contribution >= 4 is 17.7 Å². The second-order valence-electron chi connectivity index (χ2n) is 6.84. The van der Waals surface area contributed by atoms with Crippen LogP contribution in [0.3, 0.4) is 0 Å². The number of carbonyl (C=O) groups excluding carboxylic acids is 3. The van der Waals surface area contributed by atoms with E-state index in [-0.39, 0.29) is 25.0 Å². The van der Waals surface area contributed by atoms with Crippen molar-refractivity contribution in [1.29, 1.82) is 0 Å². The third-order valence-corrected chi connectivity index (χ3v) is 5.23. The molecule has 7 nitrogen and oxygen atoms in total. The largest absolute Gasteiger partial charge is 0.454 e. The number of ether oxygens (including phenoxy) is 2. The van der Waals surface area contributed by atoms with Crippen LogP contribution in [0.15, 0.2) is 36.4 Å². The molecule has 3 heterocycles. The second kappa shape index (κ2) is 5.84. The van der Waals surface area contributed by atoms with Crippen molar-refractivity contribution in [2.24, 2.45) is 0 Å². The first-order valence-corrected chi connectivity index (χ1v) is 8.78. The van der Waals surface area contributed by atoms with E-state index in [1.807, 2.05) is 30.3 Å². The van der Waals surface area contributed by atoms with Crippen LogP contribution in [0.2, 0.25) is 0 Å². The summed E-state index contributed by atoms with van der Waals surface area (Å²) in [4.78, 5) is 37.8. The number of fused-ring (bicyclic) bond motifs is 2. The molecule has 7 heteroatoms. The van der Waals surface area contributed by atoms with Crippen molar-refractivity contribution in [1.82, 2.24) is 10.2 Å². The molecular formula is C20H16N2O5. The van der Waals surface area contributed by atoms with E-state index >= 15 is 0 Å². The Bertz CT molecular complexity index is 1000. The Morgan fingerprint density at radius 1 is 0.963 bits per heavy atom. The van der Waals surface area contributed by atoms with Crippen molar-refractivity contribution in [3.63, 3.8) is 0 Å². The molecule has 0 saturated carbocycles. The monoisotopic (exact) mass is 364 g/mol. The quantitative estimate of drug-likeness (QED) is 0.822. The molecule has 2 aromatic carbocycles. The van der Waals surface area contributed by atoms with Gasteiger partial charge in [-0.1, -0.05) is 12.1 Å². The van der Waals surface area contributed by atoms with Crippen molar-refractivity contribution in [3.8, 4) is 22.6 Å². The predicted octanol–water partition coefficient (Wildman–Crippen LogP) is 1.84. The number of piperidine rings is 1. The van der Waals surface area contributed by atoms with E-state index in [0.717, 1.165) is 22.4 Å². The van der Waals surface area contributed by atoms with Crippen LogP contribution in [0.5, 0.6) is 11.5 Å². The fourth-order valence-corrected chi connectivity index (χ4v) is 3.83. The second-order valence-corrected chi connectivity index (χ2v) is 6.84. The van der Waals surface area contributed by atoms with Crippen LogP contribution in [-0.4, -0.2) is 35.5 Å². The Labute approximate surface area is 154 Å². The maximum absolute atomic E-state index is 12.7. The van der Waals surface area contributed by atoms with Gasteiger partial charge in [-0.3, -0.25) is 19.7 Å². The molecule has 0 aromatic heterocycles. The Hall–Kier alpha value is -3.35. The van der Waals surface area contributed by atoms with E-state index in [9.17, 15) is 14.4 Å². The third kappa shape index (κ3) is 2.54. The third-order valence-electron chi connectivity index (χ3n) is 5.23. The number of amides is 3. The van der Waals surface area contributed by atoms with Gasteiger partial charge in [0.2, 0.25) is 18.6 Å². The minimum atomic E-state index is -0.600. The van der Waals surface area contributed by atoms with Gasteiger partial charge in [-0.05, 0) is 47.4 Å². The molecule has 27 heavy (non-hydrogen) atoms. The Morgan fingerprint density at radius 3 is 2.59 bits per heavy atom. The summed E-state index contributed by atoms with van der Waals surface area (Å²) in [6, 6.07) is 10.8. The molecule has 3 aliphatic rings. The van der Waals surface area contributed by atoms with Crippen molar-refractivity contribution in [2.45, 2.75) is 25.4 Å². The van der Waals surface area contributed by atoms with E-state index in [0.29, 0.717) is 24.3 Å². The fourth-order valence-electron chi connectivity index (χ4n) is 3.83. The van der Waals surface area contributed by atoms with E-state index in [1.165, 1.54) is 0 Å². The molecule has 0 spiro atoms. The minimum absolute atomic E-state index is 0.170. The normalized spacial score (nSPS) is 20.7. The Morgan fingerprint density at radius 2 is 1.74 bits per heavy atom. The zero-order chi connectivity index (χ0) is 18.5. The highest BCUT2D eigenvalue weighted by Crippen LogP contribution is 2.37. The number of imide groups is 1. The van der Waals surface area contributed by atoms with Gasteiger partial charge in [0.25, 0.3) is 5.91 Å². The Kier molecular flexibility index (Phi) is 3.43. The highest BCUT2D eigenvalue weighted by molar-refractivity contribution is 6.05. The first-order valence-electron chi connectivity index (χ1n) is 8.78. The highest BCUT2D eigenvalue weighted by atomic mass is 16.7. The van der Waals surface area contributed by atoms with Crippen LogP contribution in [0, 0.1) is 0 Å². The average molecular weight is 364 g/mol. The molecule has 3 aliphatic heterocycles. The topological polar surface area (TPSA) is 84.9 Å². The van der Waals surface area contributed by atoms with E-state index < -0.39 is 11.9 Å². The molecule has 3 amide bonds. The summed E-state index contributed by atoms with van der Waals surface area (Å²) in [5, 5.41) is 2.32. The summed E-state index contributed by atoms with van der Waals surface area (Å²) < 4.78 is 10.8. The fraction of sp³-hybridized carbons (Fsp3) is 0.250. The summed E-state index contributed by atoms with van der Waals surface area (Å²) in [7, 11) is 0. The van der Waals surface area contributed by atoms with Gasteiger partial charge in [-0.15, -0.1) is 0 Å². The minimum Gasteiger partial charge on any atom is -0.454 e. The molecule has 1 fully saturated rings.